The van der Waals surface area contributed by atoms with E-state index in [9.17, 15) is 9.18 Å². The maximum Gasteiger partial charge on any atom is 0.350 e. The Morgan fingerprint density at radius 1 is 0.882 bits per heavy atom. The van der Waals surface area contributed by atoms with Crippen LogP contribution in [0.25, 0.3) is 5.69 Å². The molecule has 5 aromatic rings. The van der Waals surface area contributed by atoms with E-state index in [1.165, 1.54) is 41.4 Å². The fourth-order valence-electron chi connectivity index (χ4n) is 7.12. The van der Waals surface area contributed by atoms with Crippen LogP contribution >= 0.6 is 11.8 Å². The van der Waals surface area contributed by atoms with Crippen LogP contribution in [0.1, 0.15) is 37.3 Å². The van der Waals surface area contributed by atoms with Crippen LogP contribution in [-0.2, 0) is 22.3 Å². The molecule has 8 rings (SSSR count). The molecule has 14 heteroatoms. The van der Waals surface area contributed by atoms with Crippen molar-refractivity contribution in [2.24, 2.45) is 7.05 Å². The summed E-state index contributed by atoms with van der Waals surface area (Å²) in [6.45, 7) is 4.20. The van der Waals surface area contributed by atoms with Crippen molar-refractivity contribution < 1.29 is 18.6 Å². The zero-order valence-electron chi connectivity index (χ0n) is 28.5. The number of piperazine rings is 1. The normalized spacial score (nSPS) is 21.1. The number of benzene rings is 3. The quantitative estimate of drug-likeness (QED) is 0.170. The molecule has 266 valence electrons. The molecular formula is C37H41FN8O4S. The van der Waals surface area contributed by atoms with Crippen LogP contribution in [-0.4, -0.2) is 80.4 Å². The number of anilines is 2. The first kappa shape index (κ1) is 33.5. The van der Waals surface area contributed by atoms with E-state index in [1.807, 2.05) is 35.9 Å². The maximum atomic E-state index is 13.7. The highest BCUT2D eigenvalue weighted by molar-refractivity contribution is 7.99. The summed E-state index contributed by atoms with van der Waals surface area (Å²) in [4.78, 5) is 17.7. The Morgan fingerprint density at radius 2 is 1.53 bits per heavy atom. The standard InChI is InChI=1S/C37H41FN8O4S/c1-42-25-39-41-35(42)51-24-37(27-6-8-28(38)9-7-27)49-23-34(50-37)22-48-33-16-14-30(15-17-33)44-20-18-43(19-21-44)29-10-12-32(13-11-29)46-36(47)45(26-40-46)31-4-2-3-5-31/h6-17,25-26,31,34H,2-5,18-24H2,1H3. The first-order chi connectivity index (χ1) is 24.9. The van der Waals surface area contributed by atoms with E-state index in [2.05, 4.69) is 49.4 Å². The van der Waals surface area contributed by atoms with Crippen molar-refractivity contribution in [3.63, 3.8) is 0 Å². The van der Waals surface area contributed by atoms with Crippen LogP contribution in [0.5, 0.6) is 5.75 Å². The Hall–Kier alpha value is -4.66. The molecule has 2 aromatic heterocycles. The molecule has 3 aliphatic rings. The molecule has 12 nitrogen and oxygen atoms in total. The van der Waals surface area contributed by atoms with E-state index in [1.54, 1.807) is 29.4 Å². The van der Waals surface area contributed by atoms with Crippen LogP contribution in [0.2, 0.25) is 0 Å². The van der Waals surface area contributed by atoms with Gasteiger partial charge in [-0.25, -0.2) is 9.18 Å². The predicted octanol–water partition coefficient (Wildman–Crippen LogP) is 5.18. The van der Waals surface area contributed by atoms with Gasteiger partial charge in [0.2, 0.25) is 5.79 Å². The third-order valence-electron chi connectivity index (χ3n) is 9.99. The molecule has 2 atom stereocenters. The van der Waals surface area contributed by atoms with Gasteiger partial charge >= 0.3 is 5.69 Å². The first-order valence-corrected chi connectivity index (χ1v) is 18.5. The Labute approximate surface area is 299 Å². The lowest BCUT2D eigenvalue weighted by molar-refractivity contribution is -0.160. The van der Waals surface area contributed by atoms with E-state index >= 15 is 0 Å². The summed E-state index contributed by atoms with van der Waals surface area (Å²) < 4.78 is 37.8. The van der Waals surface area contributed by atoms with Crippen molar-refractivity contribution in [1.82, 2.24) is 29.1 Å². The molecule has 0 amide bonds. The van der Waals surface area contributed by atoms with Crippen LogP contribution < -0.4 is 20.2 Å². The second-order valence-electron chi connectivity index (χ2n) is 13.3. The number of hydrogen-bond acceptors (Lipinski definition) is 10. The van der Waals surface area contributed by atoms with Crippen molar-refractivity contribution in [3.8, 4) is 11.4 Å². The molecule has 2 aliphatic heterocycles. The van der Waals surface area contributed by atoms with Gasteiger partial charge in [0.15, 0.2) is 5.16 Å². The monoisotopic (exact) mass is 712 g/mol. The number of thioether (sulfide) groups is 1. The highest BCUT2D eigenvalue weighted by Crippen LogP contribution is 2.39. The lowest BCUT2D eigenvalue weighted by Crippen LogP contribution is -2.46. The van der Waals surface area contributed by atoms with Crippen LogP contribution in [0.15, 0.2) is 95.4 Å². The smallest absolute Gasteiger partial charge is 0.350 e. The number of ether oxygens (including phenoxy) is 3. The van der Waals surface area contributed by atoms with Gasteiger partial charge in [-0.05, 0) is 73.5 Å². The SMILES string of the molecule is Cn1cnnc1SCC1(c2ccc(F)cc2)OCC(COc2ccc(N3CCN(c4ccc(-n5ncn(C6CCCC6)c5=O)cc4)CC3)cc2)O1. The summed E-state index contributed by atoms with van der Waals surface area (Å²) in [5.41, 5.74) is 3.75. The zero-order valence-corrected chi connectivity index (χ0v) is 29.3. The maximum absolute atomic E-state index is 13.7. The first-order valence-electron chi connectivity index (χ1n) is 17.5. The van der Waals surface area contributed by atoms with Crippen LogP contribution in [0, 0.1) is 5.82 Å². The minimum absolute atomic E-state index is 0.0609. The minimum Gasteiger partial charge on any atom is -0.491 e. The summed E-state index contributed by atoms with van der Waals surface area (Å²) in [5.74, 6) is -0.212. The number of halogens is 1. The van der Waals surface area contributed by atoms with Gasteiger partial charge in [-0.2, -0.15) is 9.78 Å². The molecule has 2 unspecified atom stereocenters. The lowest BCUT2D eigenvalue weighted by Gasteiger charge is -2.37. The second kappa shape index (κ2) is 14.5. The minimum atomic E-state index is -1.07. The average Bonchev–Trinajstić information content (AvgIpc) is 3.99. The number of hydrogen-bond donors (Lipinski definition) is 0. The number of nitrogens with zero attached hydrogens (tertiary/aromatic N) is 8. The summed E-state index contributed by atoms with van der Waals surface area (Å²) >= 11 is 1.47. The number of aryl methyl sites for hydroxylation is 1. The van der Waals surface area contributed by atoms with Gasteiger partial charge < -0.3 is 28.6 Å². The molecule has 4 heterocycles. The van der Waals surface area contributed by atoms with Gasteiger partial charge in [0.05, 0.1) is 18.0 Å². The fourth-order valence-corrected chi connectivity index (χ4v) is 8.11. The van der Waals surface area contributed by atoms with Crippen LogP contribution in [0.4, 0.5) is 15.8 Å². The largest absolute Gasteiger partial charge is 0.491 e. The molecule has 0 spiro atoms. The van der Waals surface area contributed by atoms with Crippen LogP contribution in [0.3, 0.4) is 0 Å². The van der Waals surface area contributed by atoms with Crippen molar-refractivity contribution in [1.29, 1.82) is 0 Å². The lowest BCUT2D eigenvalue weighted by atomic mass is 10.1. The van der Waals surface area contributed by atoms with Crippen molar-refractivity contribution in [2.45, 2.75) is 48.8 Å². The third-order valence-corrected chi connectivity index (χ3v) is 11.1. The Balaban J connectivity index is 0.835. The Bertz CT molecular complexity index is 1970. The van der Waals surface area contributed by atoms with Gasteiger partial charge in [-0.1, -0.05) is 36.7 Å². The summed E-state index contributed by atoms with van der Waals surface area (Å²) in [6.07, 6.45) is 7.47. The summed E-state index contributed by atoms with van der Waals surface area (Å²) in [6, 6.07) is 22.8. The van der Waals surface area contributed by atoms with Crippen molar-refractivity contribution >= 4 is 23.1 Å². The Kier molecular flexibility index (Phi) is 9.54. The van der Waals surface area contributed by atoms with Gasteiger partial charge in [0, 0.05) is 56.2 Å². The topological polar surface area (TPSA) is 105 Å². The highest BCUT2D eigenvalue weighted by atomic mass is 32.2. The van der Waals surface area contributed by atoms with Crippen molar-refractivity contribution in [2.75, 3.05) is 54.9 Å². The predicted molar refractivity (Wildman–Crippen MR) is 192 cm³/mol. The molecule has 3 fully saturated rings. The molecule has 1 aliphatic carbocycles. The average molecular weight is 713 g/mol. The molecule has 0 radical (unpaired) electrons. The fraction of sp³-hybridized carbons (Fsp3) is 0.405. The zero-order chi connectivity index (χ0) is 34.8. The molecule has 3 aromatic carbocycles. The van der Waals surface area contributed by atoms with E-state index in [0.717, 1.165) is 72.6 Å². The van der Waals surface area contributed by atoms with E-state index < -0.39 is 5.79 Å². The molecule has 0 N–H and O–H groups in total. The Morgan fingerprint density at radius 3 is 2.18 bits per heavy atom. The van der Waals surface area contributed by atoms with E-state index in [4.69, 9.17) is 14.2 Å². The summed E-state index contributed by atoms with van der Waals surface area (Å²) in [7, 11) is 1.88. The summed E-state index contributed by atoms with van der Waals surface area (Å²) in [5, 5.41) is 13.2. The van der Waals surface area contributed by atoms with Gasteiger partial charge in [0.25, 0.3) is 0 Å². The second-order valence-corrected chi connectivity index (χ2v) is 14.2. The van der Waals surface area contributed by atoms with Gasteiger partial charge in [-0.15, -0.1) is 10.2 Å². The van der Waals surface area contributed by atoms with Gasteiger partial charge in [-0.3, -0.25) is 4.57 Å². The highest BCUT2D eigenvalue weighted by Gasteiger charge is 2.44. The molecule has 0 bridgehead atoms. The van der Waals surface area contributed by atoms with Gasteiger partial charge in [0.1, 0.15) is 36.9 Å². The number of rotatable bonds is 11. The molecular weight excluding hydrogens is 672 g/mol. The van der Waals surface area contributed by atoms with Crippen molar-refractivity contribution in [3.05, 3.63) is 107 Å². The third kappa shape index (κ3) is 7.12. The number of aromatic nitrogens is 6. The van der Waals surface area contributed by atoms with E-state index in [-0.39, 0.29) is 23.7 Å². The van der Waals surface area contributed by atoms with E-state index in [0.29, 0.717) is 19.0 Å². The molecule has 51 heavy (non-hydrogen) atoms. The molecule has 2 saturated heterocycles. The molecule has 1 saturated carbocycles.